The Morgan fingerprint density at radius 3 is 2.50 bits per heavy atom. The number of aryl methyl sites for hydroxylation is 2. The Morgan fingerprint density at radius 2 is 1.81 bits per heavy atom. The lowest BCUT2D eigenvalue weighted by Crippen LogP contribution is -2.16. The number of thiazole rings is 1. The Bertz CT molecular complexity index is 1330. The van der Waals surface area contributed by atoms with Gasteiger partial charge in [0.15, 0.2) is 5.13 Å². The lowest BCUT2D eigenvalue weighted by Gasteiger charge is -2.22. The average Bonchev–Trinajstić information content (AvgIpc) is 3.51. The molecule has 1 N–H and O–H groups in total. The molecule has 9 heteroatoms. The maximum Gasteiger partial charge on any atom is 0.257 e. The number of nitrogens with one attached hydrogen (secondary N) is 1. The monoisotopic (exact) mass is 504 g/mol. The van der Waals surface area contributed by atoms with E-state index in [1.165, 1.54) is 43.4 Å². The summed E-state index contributed by atoms with van der Waals surface area (Å²) in [4.78, 5) is 17.3. The van der Waals surface area contributed by atoms with Gasteiger partial charge in [0.25, 0.3) is 5.91 Å². The summed E-state index contributed by atoms with van der Waals surface area (Å²) in [6, 6.07) is 12.6. The van der Waals surface area contributed by atoms with Gasteiger partial charge in [0.05, 0.1) is 12.3 Å². The van der Waals surface area contributed by atoms with Crippen molar-refractivity contribution < 1.29 is 18.7 Å². The highest BCUT2D eigenvalue weighted by Gasteiger charge is 2.17. The van der Waals surface area contributed by atoms with Crippen molar-refractivity contribution in [3.63, 3.8) is 0 Å². The first-order chi connectivity index (χ1) is 17.5. The third-order valence-electron chi connectivity index (χ3n) is 6.06. The molecule has 1 aliphatic carbocycles. The lowest BCUT2D eigenvalue weighted by molar-refractivity contribution is 0.102. The fourth-order valence-corrected chi connectivity index (χ4v) is 4.89. The van der Waals surface area contributed by atoms with E-state index in [0.29, 0.717) is 52.2 Å². The zero-order chi connectivity index (χ0) is 24.9. The molecule has 36 heavy (non-hydrogen) atoms. The number of anilines is 1. The van der Waals surface area contributed by atoms with Crippen molar-refractivity contribution in [3.05, 3.63) is 65.0 Å². The highest BCUT2D eigenvalue weighted by molar-refractivity contribution is 7.13. The molecule has 2 aromatic carbocycles. The molecule has 1 saturated carbocycles. The molecule has 186 valence electrons. The molecule has 0 radical (unpaired) electrons. The second-order valence-corrected chi connectivity index (χ2v) is 9.87. The second-order valence-electron chi connectivity index (χ2n) is 9.01. The highest BCUT2D eigenvalue weighted by Crippen LogP contribution is 2.31. The number of nitrogens with zero attached hydrogens (tertiary/aromatic N) is 3. The Hall–Kier alpha value is -3.72. The molecule has 1 amide bonds. The van der Waals surface area contributed by atoms with E-state index in [9.17, 15) is 4.79 Å². The third kappa shape index (κ3) is 6.09. The van der Waals surface area contributed by atoms with Gasteiger partial charge in [-0.15, -0.1) is 21.5 Å². The van der Waals surface area contributed by atoms with E-state index in [4.69, 9.17) is 13.9 Å². The minimum atomic E-state index is -0.264. The van der Waals surface area contributed by atoms with Crippen molar-refractivity contribution >= 4 is 22.4 Å². The summed E-state index contributed by atoms with van der Waals surface area (Å²) in [6.45, 7) is 4.28. The zero-order valence-electron chi connectivity index (χ0n) is 20.3. The Balaban J connectivity index is 1.35. The minimum absolute atomic E-state index is 0.264. The Kier molecular flexibility index (Phi) is 7.27. The van der Waals surface area contributed by atoms with E-state index in [0.717, 1.165) is 11.3 Å². The Labute approximate surface area is 213 Å². The molecular formula is C27H28N4O4S. The third-order valence-corrected chi connectivity index (χ3v) is 6.93. The maximum absolute atomic E-state index is 13.0. The van der Waals surface area contributed by atoms with Crippen LogP contribution in [0.15, 0.2) is 52.3 Å². The zero-order valence-corrected chi connectivity index (χ0v) is 21.1. The van der Waals surface area contributed by atoms with Crippen molar-refractivity contribution in [1.29, 1.82) is 0 Å². The molecule has 1 aliphatic rings. The van der Waals surface area contributed by atoms with Gasteiger partial charge in [-0.25, -0.2) is 4.98 Å². The topological polar surface area (TPSA) is 99.4 Å². The van der Waals surface area contributed by atoms with Gasteiger partial charge in [0, 0.05) is 29.5 Å². The molecule has 0 spiro atoms. The van der Waals surface area contributed by atoms with Crippen LogP contribution in [0.5, 0.6) is 17.2 Å². The van der Waals surface area contributed by atoms with Crippen LogP contribution < -0.4 is 14.8 Å². The number of hydrogen-bond donors (Lipinski definition) is 1. The number of hydrogen-bond acceptors (Lipinski definition) is 8. The van der Waals surface area contributed by atoms with Gasteiger partial charge < -0.3 is 13.9 Å². The molecule has 5 rings (SSSR count). The first-order valence-corrected chi connectivity index (χ1v) is 13.0. The molecule has 0 bridgehead atoms. The van der Waals surface area contributed by atoms with Crippen LogP contribution in [0.4, 0.5) is 5.13 Å². The summed E-state index contributed by atoms with van der Waals surface area (Å²) in [5, 5.41) is 13.2. The molecule has 0 aliphatic heterocycles. The Morgan fingerprint density at radius 1 is 1.03 bits per heavy atom. The van der Waals surface area contributed by atoms with E-state index in [1.807, 2.05) is 42.6 Å². The number of rotatable bonds is 8. The molecule has 2 heterocycles. The van der Waals surface area contributed by atoms with E-state index in [1.54, 1.807) is 19.1 Å². The van der Waals surface area contributed by atoms with E-state index in [-0.39, 0.29) is 5.91 Å². The highest BCUT2D eigenvalue weighted by atomic mass is 32.1. The standard InChI is InChI=1S/C27H28N4O4S/c1-17-16-36-27(28-17)29-25(32)21-12-23(33-15-19-6-4-3-5-7-19)14-24(13-21)35-22-10-8-20(9-11-22)26-31-30-18(2)34-26/h8-14,16,19H,3-7,15H2,1-2H3,(H,28,29,32). The van der Waals surface area contributed by atoms with Crippen molar-refractivity contribution in [2.45, 2.75) is 46.0 Å². The van der Waals surface area contributed by atoms with Gasteiger partial charge in [-0.05, 0) is 62.1 Å². The molecule has 8 nitrogen and oxygen atoms in total. The van der Waals surface area contributed by atoms with Crippen LogP contribution in [0, 0.1) is 19.8 Å². The van der Waals surface area contributed by atoms with Gasteiger partial charge >= 0.3 is 0 Å². The molecule has 0 atom stereocenters. The van der Waals surface area contributed by atoms with Crippen LogP contribution in [0.2, 0.25) is 0 Å². The maximum atomic E-state index is 13.0. The van der Waals surface area contributed by atoms with Crippen molar-refractivity contribution in [2.75, 3.05) is 11.9 Å². The van der Waals surface area contributed by atoms with Crippen LogP contribution in [-0.4, -0.2) is 27.7 Å². The number of aromatic nitrogens is 3. The van der Waals surface area contributed by atoms with E-state index < -0.39 is 0 Å². The minimum Gasteiger partial charge on any atom is -0.493 e. The van der Waals surface area contributed by atoms with Gasteiger partial charge in [0.1, 0.15) is 17.2 Å². The summed E-state index contributed by atoms with van der Waals surface area (Å²) in [5.41, 5.74) is 2.10. The van der Waals surface area contributed by atoms with Crippen LogP contribution in [-0.2, 0) is 0 Å². The summed E-state index contributed by atoms with van der Waals surface area (Å²) < 4.78 is 17.7. The van der Waals surface area contributed by atoms with E-state index >= 15 is 0 Å². The fourth-order valence-electron chi connectivity index (χ4n) is 4.21. The van der Waals surface area contributed by atoms with Gasteiger partial charge in [-0.2, -0.15) is 0 Å². The van der Waals surface area contributed by atoms with Crippen LogP contribution in [0.1, 0.15) is 54.0 Å². The van der Waals surface area contributed by atoms with Crippen molar-refractivity contribution in [2.24, 2.45) is 5.92 Å². The molecular weight excluding hydrogens is 476 g/mol. The van der Waals surface area contributed by atoms with Crippen molar-refractivity contribution in [3.8, 4) is 28.7 Å². The first kappa shape index (κ1) is 24.0. The first-order valence-electron chi connectivity index (χ1n) is 12.1. The number of ether oxygens (including phenoxy) is 2. The fraction of sp³-hybridized carbons (Fsp3) is 0.333. The van der Waals surface area contributed by atoms with Gasteiger partial charge in [0.2, 0.25) is 11.8 Å². The summed E-state index contributed by atoms with van der Waals surface area (Å²) in [5.74, 6) is 2.97. The number of carbonyl (C=O) groups excluding carboxylic acids is 1. The normalized spacial score (nSPS) is 13.9. The number of benzene rings is 2. The molecule has 4 aromatic rings. The smallest absolute Gasteiger partial charge is 0.257 e. The summed E-state index contributed by atoms with van der Waals surface area (Å²) in [6.07, 6.45) is 6.15. The predicted octanol–water partition coefficient (Wildman–Crippen LogP) is 6.81. The van der Waals surface area contributed by atoms with Crippen LogP contribution in [0.25, 0.3) is 11.5 Å². The number of amides is 1. The largest absolute Gasteiger partial charge is 0.493 e. The number of carbonyl (C=O) groups is 1. The SMILES string of the molecule is Cc1csc(NC(=O)c2cc(OCC3CCCCC3)cc(Oc3ccc(-c4nnc(C)o4)cc3)c2)n1. The lowest BCUT2D eigenvalue weighted by atomic mass is 9.90. The van der Waals surface area contributed by atoms with Crippen LogP contribution >= 0.6 is 11.3 Å². The molecule has 0 saturated heterocycles. The van der Waals surface area contributed by atoms with Gasteiger partial charge in [-0.1, -0.05) is 19.3 Å². The molecule has 1 fully saturated rings. The van der Waals surface area contributed by atoms with E-state index in [2.05, 4.69) is 20.5 Å². The quantitative estimate of drug-likeness (QED) is 0.281. The summed E-state index contributed by atoms with van der Waals surface area (Å²) >= 11 is 1.39. The van der Waals surface area contributed by atoms with Crippen molar-refractivity contribution in [1.82, 2.24) is 15.2 Å². The molecule has 0 unspecified atom stereocenters. The second kappa shape index (κ2) is 10.9. The van der Waals surface area contributed by atoms with Crippen LogP contribution in [0.3, 0.4) is 0 Å². The predicted molar refractivity (Wildman–Crippen MR) is 138 cm³/mol. The molecule has 2 aromatic heterocycles. The average molecular weight is 505 g/mol. The summed E-state index contributed by atoms with van der Waals surface area (Å²) in [7, 11) is 0. The van der Waals surface area contributed by atoms with Gasteiger partial charge in [-0.3, -0.25) is 10.1 Å².